The van der Waals surface area contributed by atoms with Crippen LogP contribution in [0, 0.1) is 18.2 Å². The first-order valence-corrected chi connectivity index (χ1v) is 16.2. The monoisotopic (exact) mass is 688 g/mol. The molecule has 244 valence electrons. The molecule has 0 spiro atoms. The molecule has 0 radical (unpaired) electrons. The summed E-state index contributed by atoms with van der Waals surface area (Å²) in [5.74, 6) is -2.04. The quantitative estimate of drug-likeness (QED) is 0.126. The molecule has 8 nitrogen and oxygen atoms in total. The molecule has 3 unspecified atom stereocenters. The molecule has 4 aromatic rings. The summed E-state index contributed by atoms with van der Waals surface area (Å²) in [6, 6.07) is -0.516. The Balaban J connectivity index is 1.37. The molecule has 1 saturated carbocycles. The fourth-order valence-corrected chi connectivity index (χ4v) is 8.71. The summed E-state index contributed by atoms with van der Waals surface area (Å²) >= 11 is 7.70. The lowest BCUT2D eigenvalue weighted by Gasteiger charge is -2.32. The van der Waals surface area contributed by atoms with E-state index in [1.165, 1.54) is 6.07 Å². The highest BCUT2D eigenvalue weighted by molar-refractivity contribution is 7.23. The number of halogens is 6. The molecule has 2 saturated heterocycles. The number of nitrogens with zero attached hydrogens (tertiary/aromatic N) is 5. The molecule has 47 heavy (non-hydrogen) atoms. The number of ether oxygens (including phenoxy) is 2. The number of thiophene rings is 1. The van der Waals surface area contributed by atoms with E-state index in [-0.39, 0.29) is 84.0 Å². The van der Waals surface area contributed by atoms with Crippen molar-refractivity contribution in [2.45, 2.75) is 55.9 Å². The molecule has 0 amide bonds. The molecule has 2 N–H and O–H groups in total. The summed E-state index contributed by atoms with van der Waals surface area (Å²) in [4.78, 5) is 15.8. The van der Waals surface area contributed by atoms with E-state index in [0.717, 1.165) is 53.8 Å². The van der Waals surface area contributed by atoms with Crippen LogP contribution in [0.1, 0.15) is 25.7 Å². The van der Waals surface area contributed by atoms with E-state index in [9.17, 15) is 17.6 Å². The maximum Gasteiger partial charge on any atom is 0.319 e. The topological polar surface area (TPSA) is 81.1 Å². The normalized spacial score (nSPS) is 25.4. The van der Waals surface area contributed by atoms with Gasteiger partial charge in [0.25, 0.3) is 6.43 Å². The summed E-state index contributed by atoms with van der Waals surface area (Å²) in [5, 5.41) is -0.366. The van der Waals surface area contributed by atoms with Gasteiger partial charge in [-0.25, -0.2) is 26.8 Å². The zero-order chi connectivity index (χ0) is 32.9. The van der Waals surface area contributed by atoms with Crippen LogP contribution in [0.15, 0.2) is 24.3 Å². The van der Waals surface area contributed by atoms with Crippen molar-refractivity contribution in [3.63, 3.8) is 0 Å². The third-order valence-electron chi connectivity index (χ3n) is 9.65. The van der Waals surface area contributed by atoms with E-state index < -0.39 is 42.9 Å². The van der Waals surface area contributed by atoms with Gasteiger partial charge in [-0.3, -0.25) is 4.90 Å². The number of nitrogens with two attached hydrogens (primary N) is 1. The number of alkyl halides is 3. The summed E-state index contributed by atoms with van der Waals surface area (Å²) in [5.41, 5.74) is 6.03. The van der Waals surface area contributed by atoms with Crippen molar-refractivity contribution in [3.05, 3.63) is 52.4 Å². The third-order valence-corrected chi connectivity index (χ3v) is 11.0. The van der Waals surface area contributed by atoms with Gasteiger partial charge in [0.1, 0.15) is 42.6 Å². The zero-order valence-corrected chi connectivity index (χ0v) is 26.2. The van der Waals surface area contributed by atoms with Crippen molar-refractivity contribution >= 4 is 60.4 Å². The summed E-state index contributed by atoms with van der Waals surface area (Å²) in [7, 11) is 0. The van der Waals surface area contributed by atoms with Gasteiger partial charge in [0.05, 0.1) is 38.3 Å². The van der Waals surface area contributed by atoms with Gasteiger partial charge in [-0.15, -0.1) is 11.3 Å². The Bertz CT molecular complexity index is 2050. The molecule has 8 rings (SSSR count). The number of aromatic nitrogens is 2. The smallest absolute Gasteiger partial charge is 0.319 e. The van der Waals surface area contributed by atoms with Gasteiger partial charge in [0.15, 0.2) is 11.6 Å². The van der Waals surface area contributed by atoms with E-state index >= 15 is 4.39 Å². The Morgan fingerprint density at radius 2 is 2.06 bits per heavy atom. The molecule has 15 heteroatoms. The average molecular weight is 689 g/mol. The van der Waals surface area contributed by atoms with E-state index in [1.807, 2.05) is 0 Å². The maximum atomic E-state index is 17.1. The molecular formula is C32H26ClF5N6O2S. The summed E-state index contributed by atoms with van der Waals surface area (Å²) < 4.78 is 87.9. The fourth-order valence-electron chi connectivity index (χ4n) is 7.44. The van der Waals surface area contributed by atoms with Crippen LogP contribution in [0.4, 0.5) is 38.5 Å². The van der Waals surface area contributed by atoms with E-state index in [0.29, 0.717) is 6.42 Å². The Morgan fingerprint density at radius 3 is 2.79 bits per heavy atom. The maximum absolute atomic E-state index is 17.1. The molecule has 3 fully saturated rings. The van der Waals surface area contributed by atoms with Crippen LogP contribution >= 0.6 is 22.9 Å². The highest BCUT2D eigenvalue weighted by Crippen LogP contribution is 2.54. The van der Waals surface area contributed by atoms with E-state index in [2.05, 4.69) is 26.3 Å². The highest BCUT2D eigenvalue weighted by atomic mass is 35.5. The molecule has 0 bridgehead atoms. The van der Waals surface area contributed by atoms with Crippen LogP contribution in [0.3, 0.4) is 0 Å². The van der Waals surface area contributed by atoms with Crippen molar-refractivity contribution in [1.29, 1.82) is 0 Å². The second kappa shape index (κ2) is 10.8. The Labute approximate surface area is 274 Å². The second-order valence-corrected chi connectivity index (χ2v) is 13.9. The molecule has 2 aromatic heterocycles. The Kier molecular flexibility index (Phi) is 6.99. The largest absolute Gasteiger partial charge is 0.489 e. The number of hydrogen-bond acceptors (Lipinski definition) is 8. The highest BCUT2D eigenvalue weighted by Gasteiger charge is 2.51. The second-order valence-electron chi connectivity index (χ2n) is 12.5. The van der Waals surface area contributed by atoms with Gasteiger partial charge in [0, 0.05) is 23.9 Å². The predicted molar refractivity (Wildman–Crippen MR) is 170 cm³/mol. The first kappa shape index (κ1) is 30.4. The van der Waals surface area contributed by atoms with Gasteiger partial charge in [-0.05, 0) is 37.4 Å². The summed E-state index contributed by atoms with van der Waals surface area (Å²) in [6.45, 7) is 12.9. The summed E-state index contributed by atoms with van der Waals surface area (Å²) in [6.07, 6.45) is -1.95. The number of hydrogen-bond donors (Lipinski definition) is 1. The van der Waals surface area contributed by atoms with Gasteiger partial charge in [0.2, 0.25) is 5.69 Å². The zero-order valence-electron chi connectivity index (χ0n) is 24.6. The van der Waals surface area contributed by atoms with Crippen molar-refractivity contribution in [2.24, 2.45) is 0 Å². The van der Waals surface area contributed by atoms with Crippen molar-refractivity contribution in [3.8, 4) is 22.9 Å². The van der Waals surface area contributed by atoms with Gasteiger partial charge in [-0.1, -0.05) is 29.8 Å². The van der Waals surface area contributed by atoms with Crippen LogP contribution in [-0.2, 0) is 0 Å². The molecule has 1 aliphatic carbocycles. The van der Waals surface area contributed by atoms with Crippen LogP contribution < -0.4 is 20.1 Å². The lowest BCUT2D eigenvalue weighted by molar-refractivity contribution is 0.0849. The average Bonchev–Trinajstić information content (AvgIpc) is 3.34. The lowest BCUT2D eigenvalue weighted by atomic mass is 9.94. The standard InChI is InChI=1S/C32H26ClF5N6O2S/c1-13-9-32(6-3-7-43(32)10-13)12-46-31-41-24-21-26(45-11-18(28(37)38)44(30(21)42-31)17-8-16(17)35)22(33)19(23(24)36)14-4-5-15(34)27-20(14)25(40-2)29(39)47-27/h4-5,16-18,28H,1,3,6-12,39H2/t16?,17?,18?,32-/m0/s1. The SMILES string of the molecule is [C-]#[N+]c1c(N)sc2c(F)ccc(-c3c(Cl)c4c5c(nc(OC[C@@]67CCCN6CC(=C)C7)nc5c3F)N(C3CC3F)C(C(F)F)CO4)c12. The number of nitrogen functional groups attached to an aromatic ring is 1. The predicted octanol–water partition coefficient (Wildman–Crippen LogP) is 7.69. The van der Waals surface area contributed by atoms with Gasteiger partial charge >= 0.3 is 6.01 Å². The molecule has 2 aromatic carbocycles. The molecular weight excluding hydrogens is 663 g/mol. The lowest BCUT2D eigenvalue weighted by Crippen LogP contribution is -2.46. The van der Waals surface area contributed by atoms with E-state index in [4.69, 9.17) is 33.4 Å². The third kappa shape index (κ3) is 4.53. The molecule has 5 heterocycles. The minimum absolute atomic E-state index is 0.0194. The van der Waals surface area contributed by atoms with Gasteiger partial charge < -0.3 is 20.1 Å². The number of anilines is 2. The first-order valence-electron chi connectivity index (χ1n) is 15.0. The van der Waals surface area contributed by atoms with E-state index in [1.54, 1.807) is 0 Å². The minimum atomic E-state index is -2.99. The van der Waals surface area contributed by atoms with Crippen molar-refractivity contribution in [2.75, 3.05) is 36.9 Å². The fraction of sp³-hybridized carbons (Fsp3) is 0.406. The van der Waals surface area contributed by atoms with Crippen LogP contribution in [0.2, 0.25) is 5.02 Å². The van der Waals surface area contributed by atoms with Crippen molar-refractivity contribution in [1.82, 2.24) is 14.9 Å². The molecule has 4 aliphatic rings. The number of rotatable bonds is 6. The van der Waals surface area contributed by atoms with Crippen LogP contribution in [0.5, 0.6) is 11.8 Å². The Hall–Kier alpha value is -3.93. The van der Waals surface area contributed by atoms with Crippen LogP contribution in [0.25, 0.3) is 37.0 Å². The molecule has 4 atom stereocenters. The molecule has 3 aliphatic heterocycles. The van der Waals surface area contributed by atoms with Crippen LogP contribution in [-0.4, -0.2) is 71.4 Å². The number of benzene rings is 2. The van der Waals surface area contributed by atoms with Crippen molar-refractivity contribution < 1.29 is 31.4 Å². The number of fused-ring (bicyclic) bond motifs is 2. The Morgan fingerprint density at radius 1 is 1.28 bits per heavy atom. The minimum Gasteiger partial charge on any atom is -0.489 e. The van der Waals surface area contributed by atoms with Gasteiger partial charge in [-0.2, -0.15) is 9.97 Å². The first-order chi connectivity index (χ1) is 22.5.